The largest absolute Gasteiger partial charge is 0.336 e. The molecule has 186 valence electrons. The van der Waals surface area contributed by atoms with Crippen LogP contribution in [0.2, 0.25) is 0 Å². The average Bonchev–Trinajstić information content (AvgIpc) is 3.38. The van der Waals surface area contributed by atoms with Gasteiger partial charge >= 0.3 is 0 Å². The van der Waals surface area contributed by atoms with Crippen molar-refractivity contribution in [1.29, 1.82) is 0 Å². The zero-order valence-electron chi connectivity index (χ0n) is 21.7. The summed E-state index contributed by atoms with van der Waals surface area (Å²) in [5.41, 5.74) is 4.04. The van der Waals surface area contributed by atoms with Gasteiger partial charge in [0, 0.05) is 36.7 Å². The second-order valence-electron chi connectivity index (χ2n) is 10.2. The van der Waals surface area contributed by atoms with Gasteiger partial charge in [0.2, 0.25) is 11.8 Å². The molecule has 0 aliphatic carbocycles. The summed E-state index contributed by atoms with van der Waals surface area (Å²) in [6, 6.07) is 16.5. The standard InChI is InChI=1S/C29H38N4O2/c1-6-7-10-22-13-15-24(16-14-22)31-18-23(17-27(31)34)29-30-25-11-8-9-12-26(25)32(29)19-28(35)33(20(2)3)21(4)5/h8-9,11-16,20-21,23H,6-7,10,17-19H2,1-5H3/t23-/m1/s1. The summed E-state index contributed by atoms with van der Waals surface area (Å²) >= 11 is 0. The molecule has 1 atom stereocenters. The summed E-state index contributed by atoms with van der Waals surface area (Å²) in [7, 11) is 0. The van der Waals surface area contributed by atoms with Crippen molar-refractivity contribution >= 4 is 28.5 Å². The quantitative estimate of drug-likeness (QED) is 0.409. The van der Waals surface area contributed by atoms with E-state index in [1.807, 2.05) is 66.3 Å². The average molecular weight is 475 g/mol. The van der Waals surface area contributed by atoms with Crippen molar-refractivity contribution in [3.05, 3.63) is 59.9 Å². The van der Waals surface area contributed by atoms with Crippen LogP contribution in [0.1, 0.15) is 71.2 Å². The number of imidazole rings is 1. The minimum absolute atomic E-state index is 0.0611. The Bertz CT molecular complexity index is 1170. The molecule has 6 nitrogen and oxygen atoms in total. The maximum absolute atomic E-state index is 13.4. The smallest absolute Gasteiger partial charge is 0.243 e. The van der Waals surface area contributed by atoms with Gasteiger partial charge < -0.3 is 14.4 Å². The van der Waals surface area contributed by atoms with E-state index in [2.05, 4.69) is 31.2 Å². The number of hydrogen-bond acceptors (Lipinski definition) is 3. The lowest BCUT2D eigenvalue weighted by Gasteiger charge is -2.31. The third kappa shape index (κ3) is 5.26. The van der Waals surface area contributed by atoms with Crippen LogP contribution >= 0.6 is 0 Å². The first-order chi connectivity index (χ1) is 16.8. The number of nitrogens with zero attached hydrogens (tertiary/aromatic N) is 4. The lowest BCUT2D eigenvalue weighted by Crippen LogP contribution is -2.44. The Labute approximate surface area is 208 Å². The maximum Gasteiger partial charge on any atom is 0.243 e. The third-order valence-electron chi connectivity index (χ3n) is 6.94. The van der Waals surface area contributed by atoms with E-state index in [4.69, 9.17) is 4.98 Å². The summed E-state index contributed by atoms with van der Waals surface area (Å²) in [6.45, 7) is 11.2. The highest BCUT2D eigenvalue weighted by molar-refractivity contribution is 5.96. The SMILES string of the molecule is CCCCc1ccc(N2C[C@H](c3nc4ccccc4n3CC(=O)N(C(C)C)C(C)C)CC2=O)cc1. The Morgan fingerprint density at radius 2 is 1.74 bits per heavy atom. The van der Waals surface area contributed by atoms with Crippen molar-refractivity contribution in [3.8, 4) is 0 Å². The van der Waals surface area contributed by atoms with Gasteiger partial charge in [-0.2, -0.15) is 0 Å². The van der Waals surface area contributed by atoms with Crippen molar-refractivity contribution in [2.45, 2.75) is 84.8 Å². The van der Waals surface area contributed by atoms with Crippen molar-refractivity contribution in [1.82, 2.24) is 14.5 Å². The fraction of sp³-hybridized carbons (Fsp3) is 0.483. The van der Waals surface area contributed by atoms with Crippen LogP contribution < -0.4 is 4.90 Å². The van der Waals surface area contributed by atoms with E-state index in [1.165, 1.54) is 18.4 Å². The van der Waals surface area contributed by atoms with E-state index in [0.717, 1.165) is 29.0 Å². The molecule has 0 unspecified atom stereocenters. The molecule has 2 aromatic carbocycles. The molecule has 1 fully saturated rings. The molecule has 3 aromatic rings. The summed E-state index contributed by atoms with van der Waals surface area (Å²) in [5, 5.41) is 0. The lowest BCUT2D eigenvalue weighted by molar-refractivity contribution is -0.135. The van der Waals surface area contributed by atoms with Crippen molar-refractivity contribution in [3.63, 3.8) is 0 Å². The van der Waals surface area contributed by atoms with Gasteiger partial charge in [-0.15, -0.1) is 0 Å². The molecular formula is C29H38N4O2. The minimum Gasteiger partial charge on any atom is -0.336 e. The molecule has 6 heteroatoms. The van der Waals surface area contributed by atoms with Gasteiger partial charge in [-0.05, 0) is 70.4 Å². The van der Waals surface area contributed by atoms with E-state index >= 15 is 0 Å². The van der Waals surface area contributed by atoms with E-state index in [1.54, 1.807) is 0 Å². The van der Waals surface area contributed by atoms with Crippen LogP contribution in [-0.4, -0.2) is 44.9 Å². The second-order valence-corrected chi connectivity index (χ2v) is 10.2. The van der Waals surface area contributed by atoms with Gasteiger partial charge in [-0.1, -0.05) is 37.6 Å². The fourth-order valence-corrected chi connectivity index (χ4v) is 5.31. The number of para-hydroxylation sites is 2. The zero-order valence-corrected chi connectivity index (χ0v) is 21.7. The number of rotatable bonds is 9. The molecule has 0 bridgehead atoms. The highest BCUT2D eigenvalue weighted by Gasteiger charge is 2.35. The van der Waals surface area contributed by atoms with E-state index in [9.17, 15) is 9.59 Å². The van der Waals surface area contributed by atoms with Gasteiger partial charge in [0.25, 0.3) is 0 Å². The molecule has 0 spiro atoms. The molecule has 1 aliphatic heterocycles. The molecule has 35 heavy (non-hydrogen) atoms. The predicted octanol–water partition coefficient (Wildman–Crippen LogP) is 5.54. The van der Waals surface area contributed by atoms with Crippen molar-refractivity contribution in [2.75, 3.05) is 11.4 Å². The Kier molecular flexibility index (Phi) is 7.58. The first kappa shape index (κ1) is 25.0. The van der Waals surface area contributed by atoms with Crippen LogP contribution in [-0.2, 0) is 22.6 Å². The number of carbonyl (C=O) groups excluding carboxylic acids is 2. The van der Waals surface area contributed by atoms with Crippen LogP contribution in [0.3, 0.4) is 0 Å². The molecule has 1 saturated heterocycles. The van der Waals surface area contributed by atoms with E-state index in [0.29, 0.717) is 13.0 Å². The van der Waals surface area contributed by atoms with Gasteiger partial charge in [0.1, 0.15) is 12.4 Å². The summed E-state index contributed by atoms with van der Waals surface area (Å²) in [5.74, 6) is 0.937. The zero-order chi connectivity index (χ0) is 25.1. The molecule has 2 heterocycles. The van der Waals surface area contributed by atoms with Crippen LogP contribution in [0.15, 0.2) is 48.5 Å². The number of aromatic nitrogens is 2. The van der Waals surface area contributed by atoms with Gasteiger partial charge in [0.05, 0.1) is 11.0 Å². The number of benzene rings is 2. The molecule has 2 amide bonds. The Morgan fingerprint density at radius 1 is 1.06 bits per heavy atom. The maximum atomic E-state index is 13.4. The van der Waals surface area contributed by atoms with Crippen LogP contribution in [0.25, 0.3) is 11.0 Å². The number of anilines is 1. The highest BCUT2D eigenvalue weighted by Crippen LogP contribution is 2.33. The third-order valence-corrected chi connectivity index (χ3v) is 6.94. The molecule has 0 saturated carbocycles. The molecule has 4 rings (SSSR count). The van der Waals surface area contributed by atoms with Crippen LogP contribution in [0.4, 0.5) is 5.69 Å². The monoisotopic (exact) mass is 474 g/mol. The van der Waals surface area contributed by atoms with Gasteiger partial charge in [-0.25, -0.2) is 4.98 Å². The Morgan fingerprint density at radius 3 is 2.40 bits per heavy atom. The number of hydrogen-bond donors (Lipinski definition) is 0. The Balaban J connectivity index is 1.61. The Hall–Kier alpha value is -3.15. The second kappa shape index (κ2) is 10.6. The highest BCUT2D eigenvalue weighted by atomic mass is 16.2. The van der Waals surface area contributed by atoms with Gasteiger partial charge in [-0.3, -0.25) is 9.59 Å². The fourth-order valence-electron chi connectivity index (χ4n) is 5.31. The molecule has 1 aromatic heterocycles. The van der Waals surface area contributed by atoms with Crippen molar-refractivity contribution in [2.24, 2.45) is 0 Å². The van der Waals surface area contributed by atoms with Crippen LogP contribution in [0, 0.1) is 0 Å². The number of amides is 2. The van der Waals surface area contributed by atoms with E-state index < -0.39 is 0 Å². The minimum atomic E-state index is -0.0611. The van der Waals surface area contributed by atoms with Crippen molar-refractivity contribution < 1.29 is 9.59 Å². The molecular weight excluding hydrogens is 436 g/mol. The predicted molar refractivity (Wildman–Crippen MR) is 142 cm³/mol. The molecule has 0 radical (unpaired) electrons. The summed E-state index contributed by atoms with van der Waals surface area (Å²) in [4.78, 5) is 35.1. The number of aryl methyl sites for hydroxylation is 1. The first-order valence-corrected chi connectivity index (χ1v) is 13.0. The van der Waals surface area contributed by atoms with Gasteiger partial charge in [0.15, 0.2) is 0 Å². The molecule has 1 aliphatic rings. The number of carbonyl (C=O) groups is 2. The van der Waals surface area contributed by atoms with Crippen LogP contribution in [0.5, 0.6) is 0 Å². The normalized spacial score (nSPS) is 16.1. The van der Waals surface area contributed by atoms with E-state index in [-0.39, 0.29) is 36.4 Å². The first-order valence-electron chi connectivity index (χ1n) is 13.0. The summed E-state index contributed by atoms with van der Waals surface area (Å²) < 4.78 is 2.03. The molecule has 0 N–H and O–H groups in total. The number of fused-ring (bicyclic) bond motifs is 1. The summed E-state index contributed by atoms with van der Waals surface area (Å²) in [6.07, 6.45) is 3.80. The lowest BCUT2D eigenvalue weighted by atomic mass is 10.1. The topological polar surface area (TPSA) is 58.4 Å². The number of unbranched alkanes of at least 4 members (excludes halogenated alkanes) is 1.